The van der Waals surface area contributed by atoms with E-state index >= 15 is 0 Å². The average molecular weight is 1500 g/mol. The van der Waals surface area contributed by atoms with E-state index in [0.29, 0.717) is 31.7 Å². The van der Waals surface area contributed by atoms with Crippen LogP contribution in [0.25, 0.3) is 0 Å². The first-order valence-electron chi connectivity index (χ1n) is 35.2. The molecule has 0 fully saturated rings. The Morgan fingerprint density at radius 3 is 1.25 bits per heavy atom. The number of allylic oxidation sites excluding steroid dienone is 8. The number of aryl methyl sites for hydroxylation is 2. The minimum atomic E-state index is -4.32. The van der Waals surface area contributed by atoms with Crippen LogP contribution in [0.1, 0.15) is 194 Å². The van der Waals surface area contributed by atoms with Gasteiger partial charge >= 0.3 is 17.9 Å². The molecule has 4 aliphatic rings. The highest BCUT2D eigenvalue weighted by molar-refractivity contribution is 8.77. The lowest BCUT2D eigenvalue weighted by atomic mass is 9.80. The van der Waals surface area contributed by atoms with Gasteiger partial charge in [0.05, 0.1) is 33.5 Å². The van der Waals surface area contributed by atoms with Crippen molar-refractivity contribution in [3.63, 3.8) is 0 Å². The Morgan fingerprint density at radius 2 is 0.871 bits per heavy atom. The zero-order valence-electron chi connectivity index (χ0n) is 61.2. The molecule has 0 saturated carbocycles. The van der Waals surface area contributed by atoms with Crippen LogP contribution >= 0.6 is 43.2 Å². The molecule has 4 aliphatic heterocycles. The topological polar surface area (TPSA) is 262 Å². The fraction of sp³-hybridized carbons (Fsp3) is 0.506. The first-order chi connectivity index (χ1) is 47.6. The van der Waals surface area contributed by atoms with E-state index in [1.807, 2.05) is 0 Å². The number of unbranched alkanes of at least 4 members (excludes halogenated alkanes) is 4. The van der Waals surface area contributed by atoms with Crippen molar-refractivity contribution in [2.24, 2.45) is 0 Å². The van der Waals surface area contributed by atoms with E-state index in [9.17, 15) is 45.1 Å². The molecular formula is C77H107N5O13S6+2. The van der Waals surface area contributed by atoms with Gasteiger partial charge in [-0.05, 0) is 169 Å². The van der Waals surface area contributed by atoms with Crippen LogP contribution < -0.4 is 15.1 Å². The number of nitrogens with zero attached hydrogens (tertiary/aromatic N) is 4. The molecule has 0 atom stereocenters. The maximum atomic E-state index is 12.4. The normalized spacial score (nSPS) is 16.9. The third kappa shape index (κ3) is 21.8. The number of carbonyl (C=O) groups is 4. The molecule has 6 N–H and O–H groups in total. The summed E-state index contributed by atoms with van der Waals surface area (Å²) in [6.07, 6.45) is 22.2. The summed E-state index contributed by atoms with van der Waals surface area (Å²) < 4.78 is 71.7. The lowest BCUT2D eigenvalue weighted by Gasteiger charge is -2.25. The molecule has 8 rings (SSSR count). The molecule has 0 aliphatic carbocycles. The number of hydrogen-bond donors (Lipinski definition) is 6. The Bertz CT molecular complexity index is 4060. The van der Waals surface area contributed by atoms with E-state index in [1.165, 1.54) is 68.0 Å². The molecular weight excluding hydrogens is 1400 g/mol. The molecule has 4 aromatic carbocycles. The molecule has 101 heavy (non-hydrogen) atoms. The van der Waals surface area contributed by atoms with Gasteiger partial charge in [0.25, 0.3) is 20.2 Å². The monoisotopic (exact) mass is 1500 g/mol. The van der Waals surface area contributed by atoms with E-state index in [-0.39, 0.29) is 45.8 Å². The second-order valence-electron chi connectivity index (χ2n) is 27.5. The largest absolute Gasteiger partial charge is 0.481 e. The minimum absolute atomic E-state index is 0.0522. The van der Waals surface area contributed by atoms with Crippen molar-refractivity contribution < 1.29 is 69.6 Å². The van der Waals surface area contributed by atoms with Crippen LogP contribution in [0.4, 0.5) is 22.7 Å². The fourth-order valence-corrected chi connectivity index (χ4v) is 18.5. The van der Waals surface area contributed by atoms with Crippen molar-refractivity contribution in [2.75, 3.05) is 65.5 Å². The number of aliphatic carboxylic acids is 3. The molecule has 0 unspecified atom stereocenters. The SMILES string of the molecule is CCCSSCCC(=O)O.CCc1ccc2c(c1)C(C)(C)C(/C=C/C=C1/N(CC)c3ccc(S(=O)(=O)O)cc3C1(C)C)=[N+]2CCCCCC(=O)NCCSSCCC(=O)O.CCc1ccc2c(c1)C(C)(C)C(/C=C/C=C1/N(CC)c3ccc(S(=O)(=O)O)cc3C1(C)C)=[N+]2CCCCCC(=O)O. The van der Waals surface area contributed by atoms with Crippen LogP contribution in [0.3, 0.4) is 0 Å². The Labute approximate surface area is 616 Å². The number of carboxylic acids is 3. The summed E-state index contributed by atoms with van der Waals surface area (Å²) in [6, 6.07) is 23.2. The van der Waals surface area contributed by atoms with Gasteiger partial charge in [0, 0.05) is 137 Å². The first-order valence-corrected chi connectivity index (χ1v) is 43.0. The van der Waals surface area contributed by atoms with E-state index < -0.39 is 49.0 Å². The van der Waals surface area contributed by atoms with E-state index in [1.54, 1.807) is 56.6 Å². The molecule has 0 saturated heterocycles. The van der Waals surface area contributed by atoms with Crippen molar-refractivity contribution in [2.45, 2.75) is 205 Å². The third-order valence-electron chi connectivity index (χ3n) is 19.0. The summed E-state index contributed by atoms with van der Waals surface area (Å²) in [6.45, 7) is 31.6. The van der Waals surface area contributed by atoms with Gasteiger partial charge < -0.3 is 30.4 Å². The molecule has 18 nitrogen and oxygen atoms in total. The Morgan fingerprint density at radius 1 is 0.475 bits per heavy atom. The number of likely N-dealkylation sites (N-methyl/N-ethyl adjacent to an activating group) is 2. The van der Waals surface area contributed by atoms with Crippen LogP contribution in [0.2, 0.25) is 0 Å². The second kappa shape index (κ2) is 37.5. The number of nitrogens with one attached hydrogen (secondary N) is 1. The molecule has 0 spiro atoms. The summed E-state index contributed by atoms with van der Waals surface area (Å²) in [5.74, 6) is 0.954. The zero-order chi connectivity index (χ0) is 74.7. The predicted octanol–water partition coefficient (Wildman–Crippen LogP) is 16.7. The lowest BCUT2D eigenvalue weighted by molar-refractivity contribution is -0.438. The summed E-state index contributed by atoms with van der Waals surface area (Å²) in [5, 5.41) is 28.9. The van der Waals surface area contributed by atoms with Crippen LogP contribution in [-0.2, 0) is 73.9 Å². The summed E-state index contributed by atoms with van der Waals surface area (Å²) in [4.78, 5) is 48.2. The number of benzene rings is 4. The van der Waals surface area contributed by atoms with Crippen molar-refractivity contribution in [1.82, 2.24) is 5.32 Å². The predicted molar refractivity (Wildman–Crippen MR) is 419 cm³/mol. The van der Waals surface area contributed by atoms with Gasteiger partial charge in [-0.3, -0.25) is 28.3 Å². The maximum Gasteiger partial charge on any atom is 0.304 e. The molecule has 4 aromatic rings. The van der Waals surface area contributed by atoms with Crippen LogP contribution in [0.15, 0.2) is 130 Å². The lowest BCUT2D eigenvalue weighted by Crippen LogP contribution is -2.28. The minimum Gasteiger partial charge on any atom is -0.481 e. The number of anilines is 2. The number of fused-ring (bicyclic) bond motifs is 4. The van der Waals surface area contributed by atoms with Gasteiger partial charge in [-0.25, -0.2) is 0 Å². The standard InChI is InChI=1S/C38H51N3O6S3.C33H42N2O5S.C6H12O2S2/c1-7-27-16-18-32-29(25-27)37(3,4)34(41(32)22-11-9-10-15-35(42)39-21-24-49-48-23-20-36(43)44)14-12-13-33-38(5,6)30-26-28(50(45,46)47)17-19-31(30)40(33)8-2;1-7-23-16-18-28-25(21-23)32(3,4)30(35(28)20-11-9-10-15-31(36)37)14-12-13-29-33(5,6)26-22-24(41(38,39)40)17-19-27(26)34(29)8-2;1-2-4-9-10-5-3-6(7)8/h12-14,16-19,25-26H,7-11,15,20-24H2,1-6H3,(H2-,39,42,43,44,45,46,47);12-14,16-19,21-22H,7-11,15,20H2,1-6H3,(H-,36,37,38,39,40);2-5H2,1H3,(H,7,8)/p+2. The van der Waals surface area contributed by atoms with Gasteiger partial charge in [-0.1, -0.05) is 116 Å². The second-order valence-corrected chi connectivity index (χ2v) is 35.8. The summed E-state index contributed by atoms with van der Waals surface area (Å²) >= 11 is 0. The van der Waals surface area contributed by atoms with Gasteiger partial charge in [0.1, 0.15) is 13.1 Å². The van der Waals surface area contributed by atoms with Gasteiger partial charge in [-0.15, -0.1) is 0 Å². The number of amides is 1. The first kappa shape index (κ1) is 83.8. The zero-order valence-corrected chi connectivity index (χ0v) is 66.1. The van der Waals surface area contributed by atoms with E-state index in [0.717, 1.165) is 122 Å². The number of carbonyl (C=O) groups excluding carboxylic acids is 1. The van der Waals surface area contributed by atoms with Crippen molar-refractivity contribution in [1.29, 1.82) is 0 Å². The highest BCUT2D eigenvalue weighted by Gasteiger charge is 2.47. The highest BCUT2D eigenvalue weighted by atomic mass is 33.1. The van der Waals surface area contributed by atoms with Crippen molar-refractivity contribution in [3.05, 3.63) is 154 Å². The van der Waals surface area contributed by atoms with E-state index in [4.69, 9.17) is 15.3 Å². The van der Waals surface area contributed by atoms with E-state index in [2.05, 4.69) is 187 Å². The Hall–Kier alpha value is -6.12. The van der Waals surface area contributed by atoms with Gasteiger partial charge in [0.2, 0.25) is 17.3 Å². The molecule has 0 radical (unpaired) electrons. The van der Waals surface area contributed by atoms with Crippen molar-refractivity contribution >= 4 is 121 Å². The third-order valence-corrected chi connectivity index (χ3v) is 25.7. The number of rotatable bonds is 35. The molecule has 552 valence electrons. The molecule has 1 amide bonds. The average Bonchev–Trinajstić information content (AvgIpc) is 1.61. The van der Waals surface area contributed by atoms with Gasteiger partial charge in [0.15, 0.2) is 11.4 Å². The van der Waals surface area contributed by atoms with Crippen LogP contribution in [0.5, 0.6) is 0 Å². The smallest absolute Gasteiger partial charge is 0.304 e. The number of carboxylic acid groups (broad SMARTS) is 3. The van der Waals surface area contributed by atoms with Crippen LogP contribution in [-0.4, -0.2) is 141 Å². The van der Waals surface area contributed by atoms with Crippen molar-refractivity contribution in [3.8, 4) is 0 Å². The quantitative estimate of drug-likeness (QED) is 0.0108. The van der Waals surface area contributed by atoms with Gasteiger partial charge in [-0.2, -0.15) is 26.0 Å². The Kier molecular flexibility index (Phi) is 31.2. The molecule has 0 bridgehead atoms. The molecule has 4 heterocycles. The molecule has 0 aromatic heterocycles. The van der Waals surface area contributed by atoms with Crippen LogP contribution in [0, 0.1) is 0 Å². The number of hydrogen-bond acceptors (Lipinski definition) is 14. The summed E-state index contributed by atoms with van der Waals surface area (Å²) in [5.41, 5.74) is 14.4. The fourth-order valence-electron chi connectivity index (χ4n) is 13.5. The highest BCUT2D eigenvalue weighted by Crippen LogP contribution is 2.51. The summed E-state index contributed by atoms with van der Waals surface area (Å²) in [7, 11) is -2.12. The molecule has 24 heteroatoms. The Balaban J connectivity index is 0.000000283. The maximum absolute atomic E-state index is 12.4.